The summed E-state index contributed by atoms with van der Waals surface area (Å²) < 4.78 is 28.2. The zero-order valence-corrected chi connectivity index (χ0v) is 12.4. The lowest BCUT2D eigenvalue weighted by Gasteiger charge is -2.04. The van der Waals surface area contributed by atoms with Crippen molar-refractivity contribution in [2.75, 3.05) is 4.72 Å². The lowest BCUT2D eigenvalue weighted by molar-refractivity contribution is 0.0685. The summed E-state index contributed by atoms with van der Waals surface area (Å²) in [4.78, 5) is 11.1. The Morgan fingerprint density at radius 2 is 2.25 bits per heavy atom. The number of anilines is 1. The fourth-order valence-corrected chi connectivity index (χ4v) is 3.52. The van der Waals surface area contributed by atoms with E-state index >= 15 is 0 Å². The van der Waals surface area contributed by atoms with E-state index < -0.39 is 16.0 Å². The Hall–Kier alpha value is -1.80. The van der Waals surface area contributed by atoms with Gasteiger partial charge in [0.2, 0.25) is 0 Å². The molecule has 2 heterocycles. The van der Waals surface area contributed by atoms with Crippen molar-refractivity contribution in [3.8, 4) is 0 Å². The number of hydrogen-bond acceptors (Lipinski definition) is 4. The number of nitrogens with one attached hydrogen (secondary N) is 1. The van der Waals surface area contributed by atoms with Crippen molar-refractivity contribution >= 4 is 33.0 Å². The minimum absolute atomic E-state index is 0.0301. The van der Waals surface area contributed by atoms with Gasteiger partial charge in [-0.3, -0.25) is 4.72 Å². The molecule has 2 aromatic rings. The first-order chi connectivity index (χ1) is 9.44. The molecular formula is C12H14N2O4S2. The molecule has 0 radical (unpaired) electrons. The molecule has 0 saturated heterocycles. The summed E-state index contributed by atoms with van der Waals surface area (Å²) in [6, 6.07) is 2.82. The van der Waals surface area contributed by atoms with E-state index in [-0.39, 0.29) is 10.6 Å². The van der Waals surface area contributed by atoms with Gasteiger partial charge in [-0.2, -0.15) is 11.3 Å². The number of hydrogen-bond donors (Lipinski definition) is 2. The molecule has 0 atom stereocenters. The van der Waals surface area contributed by atoms with E-state index in [1.807, 2.05) is 6.92 Å². The fourth-order valence-electron chi connectivity index (χ4n) is 1.77. The number of carbonyl (C=O) groups is 1. The van der Waals surface area contributed by atoms with Gasteiger partial charge in [-0.05, 0) is 23.9 Å². The van der Waals surface area contributed by atoms with Crippen molar-refractivity contribution < 1.29 is 18.3 Å². The standard InChI is InChI=1S/C12H14N2O4S2/c1-2-4-14-7-10(6-11(14)12(15)16)20(17,18)13-9-3-5-19-8-9/h3,5-8,13H,2,4H2,1H3,(H,15,16). The average molecular weight is 314 g/mol. The van der Waals surface area contributed by atoms with E-state index in [1.165, 1.54) is 28.2 Å². The molecule has 2 N–H and O–H groups in total. The molecule has 0 saturated carbocycles. The maximum Gasteiger partial charge on any atom is 0.352 e. The molecule has 6 nitrogen and oxygen atoms in total. The predicted molar refractivity (Wildman–Crippen MR) is 76.8 cm³/mol. The van der Waals surface area contributed by atoms with E-state index in [1.54, 1.807) is 16.8 Å². The SMILES string of the molecule is CCCn1cc(S(=O)(=O)Nc2ccsc2)cc1C(=O)O. The molecule has 0 bridgehead atoms. The molecule has 0 aliphatic rings. The van der Waals surface area contributed by atoms with Gasteiger partial charge in [-0.15, -0.1) is 0 Å². The topological polar surface area (TPSA) is 88.4 Å². The minimum Gasteiger partial charge on any atom is -0.477 e. The normalized spacial score (nSPS) is 11.4. The molecule has 0 unspecified atom stereocenters. The third-order valence-electron chi connectivity index (χ3n) is 2.64. The third kappa shape index (κ3) is 3.02. The number of carboxylic acids is 1. The number of sulfonamides is 1. The number of carboxylic acid groups (broad SMARTS) is 1. The van der Waals surface area contributed by atoms with Crippen LogP contribution < -0.4 is 4.72 Å². The highest BCUT2D eigenvalue weighted by molar-refractivity contribution is 7.92. The first-order valence-electron chi connectivity index (χ1n) is 5.92. The molecule has 0 aliphatic heterocycles. The van der Waals surface area contributed by atoms with Gasteiger partial charge in [0.15, 0.2) is 0 Å². The number of aryl methyl sites for hydroxylation is 1. The lowest BCUT2D eigenvalue weighted by Crippen LogP contribution is -2.11. The highest BCUT2D eigenvalue weighted by Gasteiger charge is 2.21. The average Bonchev–Trinajstić information content (AvgIpc) is 2.98. The van der Waals surface area contributed by atoms with Crippen LogP contribution in [-0.2, 0) is 16.6 Å². The van der Waals surface area contributed by atoms with Gasteiger partial charge in [0.05, 0.1) is 5.69 Å². The van der Waals surface area contributed by atoms with Crippen molar-refractivity contribution in [3.63, 3.8) is 0 Å². The molecule has 2 aromatic heterocycles. The van der Waals surface area contributed by atoms with E-state index in [9.17, 15) is 13.2 Å². The lowest BCUT2D eigenvalue weighted by atomic mass is 10.4. The van der Waals surface area contributed by atoms with E-state index in [2.05, 4.69) is 4.72 Å². The molecule has 20 heavy (non-hydrogen) atoms. The molecule has 8 heteroatoms. The van der Waals surface area contributed by atoms with Crippen LogP contribution in [0.15, 0.2) is 34.0 Å². The molecule has 0 spiro atoms. The second kappa shape index (κ2) is 5.68. The van der Waals surface area contributed by atoms with Crippen LogP contribution in [0.3, 0.4) is 0 Å². The third-order valence-corrected chi connectivity index (χ3v) is 4.67. The van der Waals surface area contributed by atoms with Crippen LogP contribution in [0.5, 0.6) is 0 Å². The van der Waals surface area contributed by atoms with E-state index in [0.717, 1.165) is 0 Å². The fraction of sp³-hybridized carbons (Fsp3) is 0.250. The summed E-state index contributed by atoms with van der Waals surface area (Å²) in [6.07, 6.45) is 2.06. The Kier molecular flexibility index (Phi) is 4.15. The first-order valence-corrected chi connectivity index (χ1v) is 8.35. The maximum atomic E-state index is 12.2. The van der Waals surface area contributed by atoms with Gasteiger partial charge in [0.25, 0.3) is 10.0 Å². The second-order valence-electron chi connectivity index (χ2n) is 4.18. The number of thiophene rings is 1. The Balaban J connectivity index is 2.36. The first kappa shape index (κ1) is 14.6. The van der Waals surface area contributed by atoms with Crippen LogP contribution in [0, 0.1) is 0 Å². The summed E-state index contributed by atoms with van der Waals surface area (Å²) in [5.41, 5.74) is 0.438. The summed E-state index contributed by atoms with van der Waals surface area (Å²) in [5, 5.41) is 12.5. The van der Waals surface area contributed by atoms with Crippen molar-refractivity contribution in [1.29, 1.82) is 0 Å². The zero-order chi connectivity index (χ0) is 14.8. The van der Waals surface area contributed by atoms with E-state index in [4.69, 9.17) is 5.11 Å². The van der Waals surface area contributed by atoms with Crippen molar-refractivity contribution in [1.82, 2.24) is 4.57 Å². The Labute approximate surface area is 120 Å². The van der Waals surface area contributed by atoms with Crippen molar-refractivity contribution in [2.45, 2.75) is 24.8 Å². The highest BCUT2D eigenvalue weighted by atomic mass is 32.2. The van der Waals surface area contributed by atoms with Crippen LogP contribution in [-0.4, -0.2) is 24.1 Å². The molecule has 0 aromatic carbocycles. The Bertz CT molecular complexity index is 702. The van der Waals surface area contributed by atoms with Crippen LogP contribution in [0.2, 0.25) is 0 Å². The van der Waals surface area contributed by atoms with Gasteiger partial charge in [0.1, 0.15) is 10.6 Å². The molecule has 2 rings (SSSR count). The molecular weight excluding hydrogens is 300 g/mol. The van der Waals surface area contributed by atoms with Gasteiger partial charge in [0, 0.05) is 18.1 Å². The number of aromatic carboxylic acids is 1. The number of nitrogens with zero attached hydrogens (tertiary/aromatic N) is 1. The van der Waals surface area contributed by atoms with E-state index in [0.29, 0.717) is 18.7 Å². The van der Waals surface area contributed by atoms with Crippen LogP contribution in [0.1, 0.15) is 23.8 Å². The molecule has 0 amide bonds. The quantitative estimate of drug-likeness (QED) is 0.857. The summed E-state index contributed by atoms with van der Waals surface area (Å²) in [5.74, 6) is -1.14. The van der Waals surface area contributed by atoms with Gasteiger partial charge >= 0.3 is 5.97 Å². The largest absolute Gasteiger partial charge is 0.477 e. The van der Waals surface area contributed by atoms with Crippen LogP contribution in [0.4, 0.5) is 5.69 Å². The monoisotopic (exact) mass is 314 g/mol. The molecule has 108 valence electrons. The maximum absolute atomic E-state index is 12.2. The second-order valence-corrected chi connectivity index (χ2v) is 6.64. The minimum atomic E-state index is -3.76. The van der Waals surface area contributed by atoms with Crippen LogP contribution in [0.25, 0.3) is 0 Å². The van der Waals surface area contributed by atoms with Gasteiger partial charge in [-0.25, -0.2) is 13.2 Å². The van der Waals surface area contributed by atoms with Gasteiger partial charge < -0.3 is 9.67 Å². The zero-order valence-electron chi connectivity index (χ0n) is 10.7. The number of rotatable bonds is 6. The Morgan fingerprint density at radius 1 is 1.50 bits per heavy atom. The summed E-state index contributed by atoms with van der Waals surface area (Å²) in [7, 11) is -3.76. The molecule has 0 fully saturated rings. The van der Waals surface area contributed by atoms with Crippen LogP contribution >= 0.6 is 11.3 Å². The Morgan fingerprint density at radius 3 is 2.80 bits per heavy atom. The van der Waals surface area contributed by atoms with Crippen molar-refractivity contribution in [3.05, 3.63) is 34.8 Å². The van der Waals surface area contributed by atoms with Crippen molar-refractivity contribution in [2.24, 2.45) is 0 Å². The molecule has 0 aliphatic carbocycles. The predicted octanol–water partition coefficient (Wildman–Crippen LogP) is 2.46. The summed E-state index contributed by atoms with van der Waals surface area (Å²) in [6.45, 7) is 2.35. The smallest absolute Gasteiger partial charge is 0.352 e. The summed E-state index contributed by atoms with van der Waals surface area (Å²) >= 11 is 1.37. The highest BCUT2D eigenvalue weighted by Crippen LogP contribution is 2.20. The number of aromatic nitrogens is 1. The van der Waals surface area contributed by atoms with Gasteiger partial charge in [-0.1, -0.05) is 6.92 Å².